The van der Waals surface area contributed by atoms with Crippen LogP contribution in [0.15, 0.2) is 0 Å². The maximum absolute atomic E-state index is 5.86. The molecule has 1 heterocycles. The van der Waals surface area contributed by atoms with Gasteiger partial charge >= 0.3 is 0 Å². The van der Waals surface area contributed by atoms with Crippen molar-refractivity contribution in [1.29, 1.82) is 0 Å². The lowest BCUT2D eigenvalue weighted by Crippen LogP contribution is -2.61. The zero-order chi connectivity index (χ0) is 14.5. The van der Waals surface area contributed by atoms with E-state index in [0.717, 1.165) is 37.5 Å². The maximum atomic E-state index is 5.86. The molecule has 5 fully saturated rings. The van der Waals surface area contributed by atoms with E-state index in [4.69, 9.17) is 4.74 Å². The highest BCUT2D eigenvalue weighted by atomic mass is 16.5. The minimum atomic E-state index is 0.597. The maximum Gasteiger partial charge on any atom is 0.0509 e. The molecule has 0 amide bonds. The van der Waals surface area contributed by atoms with E-state index in [0.29, 0.717) is 16.9 Å². The smallest absolute Gasteiger partial charge is 0.0509 e. The highest BCUT2D eigenvalue weighted by molar-refractivity contribution is 5.11. The molecule has 0 aromatic heterocycles. The highest BCUT2D eigenvalue weighted by Crippen LogP contribution is 2.66. The molecule has 4 bridgehead atoms. The zero-order valence-electron chi connectivity index (χ0n) is 14.0. The summed E-state index contributed by atoms with van der Waals surface area (Å²) >= 11 is 0. The third-order valence-electron chi connectivity index (χ3n) is 7.15. The molecule has 120 valence electrons. The van der Waals surface area contributed by atoms with Gasteiger partial charge in [-0.1, -0.05) is 13.8 Å². The van der Waals surface area contributed by atoms with Gasteiger partial charge in [0.05, 0.1) is 6.61 Å². The monoisotopic (exact) mass is 291 g/mol. The van der Waals surface area contributed by atoms with Crippen molar-refractivity contribution in [2.75, 3.05) is 19.8 Å². The summed E-state index contributed by atoms with van der Waals surface area (Å²) in [6.45, 7) is 8.00. The third kappa shape index (κ3) is 2.47. The standard InChI is InChI=1S/C19H33NO/c1-3-20-17(16-5-4-6-21-12-16)19-10-14-7-15(11-19)9-18(2,8-14)13-19/h14-17,20H,3-13H2,1-2H3. The van der Waals surface area contributed by atoms with Crippen molar-refractivity contribution in [3.05, 3.63) is 0 Å². The molecule has 2 heteroatoms. The van der Waals surface area contributed by atoms with Crippen molar-refractivity contribution in [2.24, 2.45) is 28.6 Å². The van der Waals surface area contributed by atoms with Crippen LogP contribution >= 0.6 is 0 Å². The molecule has 0 spiro atoms. The van der Waals surface area contributed by atoms with Gasteiger partial charge in [-0.2, -0.15) is 0 Å². The average Bonchev–Trinajstić information content (AvgIpc) is 2.43. The van der Waals surface area contributed by atoms with Crippen LogP contribution in [0.25, 0.3) is 0 Å². The van der Waals surface area contributed by atoms with Crippen LogP contribution in [0.5, 0.6) is 0 Å². The van der Waals surface area contributed by atoms with E-state index in [1.165, 1.54) is 51.4 Å². The van der Waals surface area contributed by atoms with Crippen LogP contribution in [-0.4, -0.2) is 25.8 Å². The van der Waals surface area contributed by atoms with E-state index in [9.17, 15) is 0 Å². The van der Waals surface area contributed by atoms with Gasteiger partial charge in [0.2, 0.25) is 0 Å². The Balaban J connectivity index is 1.61. The van der Waals surface area contributed by atoms with Gasteiger partial charge in [-0.25, -0.2) is 0 Å². The highest BCUT2D eigenvalue weighted by Gasteiger charge is 2.59. The minimum Gasteiger partial charge on any atom is -0.381 e. The largest absolute Gasteiger partial charge is 0.381 e. The number of hydrogen-bond donors (Lipinski definition) is 1. The van der Waals surface area contributed by atoms with Crippen LogP contribution in [0.2, 0.25) is 0 Å². The van der Waals surface area contributed by atoms with Crippen molar-refractivity contribution in [2.45, 2.75) is 71.3 Å². The molecule has 0 aromatic carbocycles. The van der Waals surface area contributed by atoms with E-state index in [1.807, 2.05) is 0 Å². The van der Waals surface area contributed by atoms with Gasteiger partial charge in [0.25, 0.3) is 0 Å². The van der Waals surface area contributed by atoms with Crippen LogP contribution in [0, 0.1) is 28.6 Å². The molecule has 5 rings (SSSR count). The molecule has 0 aromatic rings. The van der Waals surface area contributed by atoms with Gasteiger partial charge in [-0.15, -0.1) is 0 Å². The Morgan fingerprint density at radius 3 is 2.52 bits per heavy atom. The number of nitrogens with one attached hydrogen (secondary N) is 1. The van der Waals surface area contributed by atoms with Gasteiger partial charge in [0.15, 0.2) is 0 Å². The lowest BCUT2D eigenvalue weighted by molar-refractivity contribution is -0.134. The summed E-state index contributed by atoms with van der Waals surface area (Å²) in [5.74, 6) is 2.82. The Morgan fingerprint density at radius 1 is 1.19 bits per heavy atom. The molecule has 1 saturated heterocycles. The zero-order valence-corrected chi connectivity index (χ0v) is 14.0. The second-order valence-electron chi connectivity index (χ2n) is 9.15. The van der Waals surface area contributed by atoms with Gasteiger partial charge < -0.3 is 10.1 Å². The van der Waals surface area contributed by atoms with E-state index >= 15 is 0 Å². The first-order valence-corrected chi connectivity index (χ1v) is 9.44. The molecule has 4 atom stereocenters. The number of ether oxygens (including phenoxy) is 1. The predicted octanol–water partition coefficient (Wildman–Crippen LogP) is 4.00. The average molecular weight is 291 g/mol. The van der Waals surface area contributed by atoms with Crippen LogP contribution in [-0.2, 0) is 4.74 Å². The first-order chi connectivity index (χ1) is 10.1. The summed E-state index contributed by atoms with van der Waals surface area (Å²) < 4.78 is 5.86. The topological polar surface area (TPSA) is 21.3 Å². The first-order valence-electron chi connectivity index (χ1n) is 9.44. The van der Waals surface area contributed by atoms with Crippen LogP contribution in [0.1, 0.15) is 65.2 Å². The lowest BCUT2D eigenvalue weighted by atomic mass is 9.42. The van der Waals surface area contributed by atoms with Crippen LogP contribution < -0.4 is 5.32 Å². The van der Waals surface area contributed by atoms with E-state index in [1.54, 1.807) is 0 Å². The first kappa shape index (κ1) is 14.5. The van der Waals surface area contributed by atoms with E-state index in [2.05, 4.69) is 19.2 Å². The van der Waals surface area contributed by atoms with Gasteiger partial charge in [0.1, 0.15) is 0 Å². The van der Waals surface area contributed by atoms with Gasteiger partial charge in [-0.05, 0) is 86.5 Å². The summed E-state index contributed by atoms with van der Waals surface area (Å²) in [4.78, 5) is 0. The molecule has 2 nitrogen and oxygen atoms in total. The molecule has 4 saturated carbocycles. The summed E-state index contributed by atoms with van der Waals surface area (Å²) in [7, 11) is 0. The molecule has 0 radical (unpaired) electrons. The van der Waals surface area contributed by atoms with E-state index < -0.39 is 0 Å². The van der Waals surface area contributed by atoms with Crippen molar-refractivity contribution >= 4 is 0 Å². The SMILES string of the molecule is CCNC(C1CCCOC1)C12CC3CC(CC(C)(C3)C1)C2. The Hall–Kier alpha value is -0.0800. The Labute approximate surface area is 130 Å². The Bertz CT molecular complexity index is 373. The molecule has 1 aliphatic heterocycles. The molecule has 21 heavy (non-hydrogen) atoms. The van der Waals surface area contributed by atoms with Crippen LogP contribution in [0.3, 0.4) is 0 Å². The Morgan fingerprint density at radius 2 is 1.95 bits per heavy atom. The quantitative estimate of drug-likeness (QED) is 0.845. The Kier molecular flexibility index (Phi) is 3.61. The predicted molar refractivity (Wildman–Crippen MR) is 86.2 cm³/mol. The van der Waals surface area contributed by atoms with E-state index in [-0.39, 0.29) is 0 Å². The summed E-state index contributed by atoms with van der Waals surface area (Å²) in [5, 5.41) is 3.95. The summed E-state index contributed by atoms with van der Waals surface area (Å²) in [5.41, 5.74) is 1.26. The number of hydrogen-bond acceptors (Lipinski definition) is 2. The fourth-order valence-corrected chi connectivity index (χ4v) is 7.29. The van der Waals surface area contributed by atoms with Gasteiger partial charge in [-0.3, -0.25) is 0 Å². The fourth-order valence-electron chi connectivity index (χ4n) is 7.29. The third-order valence-corrected chi connectivity index (χ3v) is 7.15. The summed E-state index contributed by atoms with van der Waals surface area (Å²) in [6.07, 6.45) is 11.7. The second kappa shape index (κ2) is 5.23. The second-order valence-corrected chi connectivity index (χ2v) is 9.15. The van der Waals surface area contributed by atoms with Crippen molar-refractivity contribution in [1.82, 2.24) is 5.32 Å². The fraction of sp³-hybridized carbons (Fsp3) is 1.00. The molecule has 4 unspecified atom stereocenters. The lowest BCUT2D eigenvalue weighted by Gasteiger charge is -2.64. The van der Waals surface area contributed by atoms with Gasteiger partial charge in [0, 0.05) is 12.6 Å². The van der Waals surface area contributed by atoms with Crippen molar-refractivity contribution < 1.29 is 4.74 Å². The molecule has 5 aliphatic rings. The normalized spacial score (nSPS) is 50.3. The van der Waals surface area contributed by atoms with Crippen molar-refractivity contribution in [3.8, 4) is 0 Å². The summed E-state index contributed by atoms with van der Waals surface area (Å²) in [6, 6.07) is 0.716. The molecular formula is C19H33NO. The number of rotatable bonds is 4. The van der Waals surface area contributed by atoms with Crippen LogP contribution in [0.4, 0.5) is 0 Å². The molecule has 1 N–H and O–H groups in total. The van der Waals surface area contributed by atoms with Crippen molar-refractivity contribution in [3.63, 3.8) is 0 Å². The minimum absolute atomic E-state index is 0.597. The molecular weight excluding hydrogens is 258 g/mol. The molecule has 4 aliphatic carbocycles.